The van der Waals surface area contributed by atoms with Gasteiger partial charge in [-0.2, -0.15) is 0 Å². The molecule has 0 atom stereocenters. The maximum absolute atomic E-state index is 12.2. The SMILES string of the molecule is CC(C)(C)C(=O)c1ccc(OCCOc2ccc(C=O)cc2)cc1. The Morgan fingerprint density at radius 1 is 0.875 bits per heavy atom. The van der Waals surface area contributed by atoms with Gasteiger partial charge in [0.2, 0.25) is 0 Å². The smallest absolute Gasteiger partial charge is 0.168 e. The number of rotatable bonds is 7. The topological polar surface area (TPSA) is 52.6 Å². The van der Waals surface area contributed by atoms with E-state index in [1.165, 1.54) is 0 Å². The van der Waals surface area contributed by atoms with Crippen molar-refractivity contribution in [1.82, 2.24) is 0 Å². The van der Waals surface area contributed by atoms with Gasteiger partial charge in [-0.3, -0.25) is 9.59 Å². The molecule has 0 amide bonds. The zero-order valence-electron chi connectivity index (χ0n) is 14.2. The first-order chi connectivity index (χ1) is 11.4. The van der Waals surface area contributed by atoms with E-state index in [0.717, 1.165) is 6.29 Å². The lowest BCUT2D eigenvalue weighted by Gasteiger charge is -2.16. The van der Waals surface area contributed by atoms with E-state index in [-0.39, 0.29) is 5.78 Å². The van der Waals surface area contributed by atoms with E-state index < -0.39 is 5.41 Å². The number of ketones is 1. The number of carbonyl (C=O) groups excluding carboxylic acids is 2. The fourth-order valence-electron chi connectivity index (χ4n) is 2.10. The molecule has 2 aromatic carbocycles. The van der Waals surface area contributed by atoms with Crippen molar-refractivity contribution in [3.63, 3.8) is 0 Å². The number of carbonyl (C=O) groups is 2. The van der Waals surface area contributed by atoms with Crippen LogP contribution in [0.25, 0.3) is 0 Å². The van der Waals surface area contributed by atoms with Gasteiger partial charge in [0.15, 0.2) is 5.78 Å². The van der Waals surface area contributed by atoms with Crippen molar-refractivity contribution in [3.8, 4) is 11.5 Å². The van der Waals surface area contributed by atoms with Gasteiger partial charge in [0.1, 0.15) is 31.0 Å². The van der Waals surface area contributed by atoms with Crippen molar-refractivity contribution in [2.45, 2.75) is 20.8 Å². The zero-order valence-corrected chi connectivity index (χ0v) is 14.2. The molecular weight excluding hydrogens is 304 g/mol. The number of Topliss-reactive ketones (excluding diaryl/α,β-unsaturated/α-hetero) is 1. The average Bonchev–Trinajstić information content (AvgIpc) is 2.58. The highest BCUT2D eigenvalue weighted by Crippen LogP contribution is 2.22. The number of benzene rings is 2. The van der Waals surface area contributed by atoms with Crippen LogP contribution in [-0.2, 0) is 0 Å². The molecule has 0 fully saturated rings. The molecule has 0 radical (unpaired) electrons. The summed E-state index contributed by atoms with van der Waals surface area (Å²) in [6.45, 7) is 6.49. The molecule has 2 rings (SSSR count). The molecule has 4 heteroatoms. The van der Waals surface area contributed by atoms with Crippen LogP contribution in [-0.4, -0.2) is 25.3 Å². The van der Waals surface area contributed by atoms with Gasteiger partial charge in [-0.1, -0.05) is 20.8 Å². The Hall–Kier alpha value is -2.62. The van der Waals surface area contributed by atoms with Crippen LogP contribution in [0, 0.1) is 5.41 Å². The Labute approximate surface area is 142 Å². The van der Waals surface area contributed by atoms with E-state index in [1.807, 2.05) is 20.8 Å². The first kappa shape index (κ1) is 17.7. The number of hydrogen-bond acceptors (Lipinski definition) is 4. The third-order valence-electron chi connectivity index (χ3n) is 3.43. The van der Waals surface area contributed by atoms with Crippen molar-refractivity contribution >= 4 is 12.1 Å². The van der Waals surface area contributed by atoms with Crippen molar-refractivity contribution in [2.75, 3.05) is 13.2 Å². The predicted molar refractivity (Wildman–Crippen MR) is 93.0 cm³/mol. The van der Waals surface area contributed by atoms with Crippen molar-refractivity contribution < 1.29 is 19.1 Å². The Bertz CT molecular complexity index is 679. The maximum Gasteiger partial charge on any atom is 0.168 e. The largest absolute Gasteiger partial charge is 0.490 e. The minimum absolute atomic E-state index is 0.108. The van der Waals surface area contributed by atoms with Crippen LogP contribution < -0.4 is 9.47 Å². The van der Waals surface area contributed by atoms with E-state index in [2.05, 4.69) is 0 Å². The van der Waals surface area contributed by atoms with Gasteiger partial charge in [0, 0.05) is 16.5 Å². The lowest BCUT2D eigenvalue weighted by molar-refractivity contribution is 0.0858. The minimum Gasteiger partial charge on any atom is -0.490 e. The van der Waals surface area contributed by atoms with Gasteiger partial charge >= 0.3 is 0 Å². The Morgan fingerprint density at radius 3 is 1.75 bits per heavy atom. The van der Waals surface area contributed by atoms with Gasteiger partial charge in [-0.25, -0.2) is 0 Å². The quantitative estimate of drug-likeness (QED) is 0.435. The van der Waals surface area contributed by atoms with E-state index in [4.69, 9.17) is 9.47 Å². The van der Waals surface area contributed by atoms with Gasteiger partial charge in [-0.05, 0) is 48.5 Å². The normalized spacial score (nSPS) is 11.0. The Balaban J connectivity index is 1.80. The highest BCUT2D eigenvalue weighted by Gasteiger charge is 2.22. The summed E-state index contributed by atoms with van der Waals surface area (Å²) in [5, 5.41) is 0. The molecule has 0 bridgehead atoms. The summed E-state index contributed by atoms with van der Waals surface area (Å²) in [5.74, 6) is 1.49. The molecule has 0 saturated carbocycles. The monoisotopic (exact) mass is 326 g/mol. The number of ether oxygens (including phenoxy) is 2. The maximum atomic E-state index is 12.2. The standard InChI is InChI=1S/C20H22O4/c1-20(2,3)19(22)16-6-10-18(11-7-16)24-13-12-23-17-8-4-15(14-21)5-9-17/h4-11,14H,12-13H2,1-3H3. The zero-order chi connectivity index (χ0) is 17.6. The van der Waals surface area contributed by atoms with Crippen molar-refractivity contribution in [3.05, 3.63) is 59.7 Å². The molecule has 24 heavy (non-hydrogen) atoms. The summed E-state index contributed by atoms with van der Waals surface area (Å²) >= 11 is 0. The minimum atomic E-state index is -0.393. The summed E-state index contributed by atoms with van der Waals surface area (Å²) in [4.78, 5) is 22.7. The van der Waals surface area contributed by atoms with E-state index in [9.17, 15) is 9.59 Å². The van der Waals surface area contributed by atoms with E-state index in [0.29, 0.717) is 35.8 Å². The van der Waals surface area contributed by atoms with Gasteiger partial charge in [-0.15, -0.1) is 0 Å². The summed E-state index contributed by atoms with van der Waals surface area (Å²) in [7, 11) is 0. The van der Waals surface area contributed by atoms with Crippen LogP contribution in [0.2, 0.25) is 0 Å². The molecule has 2 aromatic rings. The van der Waals surface area contributed by atoms with Crippen molar-refractivity contribution in [1.29, 1.82) is 0 Å². The van der Waals surface area contributed by atoms with Gasteiger partial charge < -0.3 is 9.47 Å². The van der Waals surface area contributed by atoms with E-state index >= 15 is 0 Å². The summed E-state index contributed by atoms with van der Waals surface area (Å²) in [6, 6.07) is 14.0. The fourth-order valence-corrected chi connectivity index (χ4v) is 2.10. The highest BCUT2D eigenvalue weighted by molar-refractivity contribution is 5.99. The van der Waals surface area contributed by atoms with Gasteiger partial charge in [0.05, 0.1) is 0 Å². The van der Waals surface area contributed by atoms with Crippen LogP contribution >= 0.6 is 0 Å². The third kappa shape index (κ3) is 4.95. The third-order valence-corrected chi connectivity index (χ3v) is 3.43. The molecule has 0 spiro atoms. The molecule has 0 unspecified atom stereocenters. The highest BCUT2D eigenvalue weighted by atomic mass is 16.5. The average molecular weight is 326 g/mol. The van der Waals surface area contributed by atoms with Crippen LogP contribution in [0.1, 0.15) is 41.5 Å². The van der Waals surface area contributed by atoms with Crippen molar-refractivity contribution in [2.24, 2.45) is 5.41 Å². The molecular formula is C20H22O4. The molecule has 4 nitrogen and oxygen atoms in total. The molecule has 0 aromatic heterocycles. The molecule has 0 heterocycles. The molecule has 0 aliphatic carbocycles. The molecule has 0 aliphatic heterocycles. The summed E-state index contributed by atoms with van der Waals surface area (Å²) < 4.78 is 11.1. The molecule has 0 N–H and O–H groups in total. The fraction of sp³-hybridized carbons (Fsp3) is 0.300. The van der Waals surface area contributed by atoms with Crippen LogP contribution in [0.3, 0.4) is 0 Å². The first-order valence-electron chi connectivity index (χ1n) is 7.86. The lowest BCUT2D eigenvalue weighted by atomic mass is 9.86. The van der Waals surface area contributed by atoms with Crippen LogP contribution in [0.15, 0.2) is 48.5 Å². The van der Waals surface area contributed by atoms with Gasteiger partial charge in [0.25, 0.3) is 0 Å². The summed E-state index contributed by atoms with van der Waals surface area (Å²) in [5.41, 5.74) is 0.903. The predicted octanol–water partition coefficient (Wildman–Crippen LogP) is 4.19. The second-order valence-electron chi connectivity index (χ2n) is 6.49. The number of aldehydes is 1. The Morgan fingerprint density at radius 2 is 1.33 bits per heavy atom. The first-order valence-corrected chi connectivity index (χ1v) is 7.86. The Kier molecular flexibility index (Phi) is 5.74. The lowest BCUT2D eigenvalue weighted by Crippen LogP contribution is -2.20. The molecule has 126 valence electrons. The second-order valence-corrected chi connectivity index (χ2v) is 6.49. The second kappa shape index (κ2) is 7.77. The van der Waals surface area contributed by atoms with Crippen LogP contribution in [0.5, 0.6) is 11.5 Å². The number of hydrogen-bond donors (Lipinski definition) is 0. The molecule has 0 saturated heterocycles. The summed E-state index contributed by atoms with van der Waals surface area (Å²) in [6.07, 6.45) is 0.793. The van der Waals surface area contributed by atoms with Crippen LogP contribution in [0.4, 0.5) is 0 Å². The van der Waals surface area contributed by atoms with E-state index in [1.54, 1.807) is 48.5 Å². The molecule has 0 aliphatic rings.